The molecule has 0 saturated carbocycles. The molecule has 2 aromatic carbocycles. The van der Waals surface area contributed by atoms with Crippen LogP contribution in [0.4, 0.5) is 5.13 Å². The number of carbonyl (C=O) groups excluding carboxylic acids is 1. The molecule has 32 heavy (non-hydrogen) atoms. The molecule has 5 aromatic rings. The van der Waals surface area contributed by atoms with Gasteiger partial charge in [-0.25, -0.2) is 4.98 Å². The van der Waals surface area contributed by atoms with E-state index in [0.29, 0.717) is 35.6 Å². The van der Waals surface area contributed by atoms with Gasteiger partial charge in [0.2, 0.25) is 17.6 Å². The van der Waals surface area contributed by atoms with Gasteiger partial charge >= 0.3 is 0 Å². The molecule has 0 fully saturated rings. The minimum absolute atomic E-state index is 0.0299. The highest BCUT2D eigenvalue weighted by Crippen LogP contribution is 2.29. The van der Waals surface area contributed by atoms with Gasteiger partial charge in [0.15, 0.2) is 10.9 Å². The monoisotopic (exact) mass is 444 g/mol. The molecule has 7 nitrogen and oxygen atoms in total. The van der Waals surface area contributed by atoms with Crippen molar-refractivity contribution in [1.29, 1.82) is 0 Å². The Balaban J connectivity index is 1.32. The van der Waals surface area contributed by atoms with Crippen molar-refractivity contribution < 1.29 is 13.7 Å². The number of anilines is 1. The van der Waals surface area contributed by atoms with E-state index >= 15 is 0 Å². The molecule has 160 valence electrons. The maximum Gasteiger partial charge on any atom is 0.238 e. The van der Waals surface area contributed by atoms with Crippen molar-refractivity contribution in [2.45, 2.75) is 19.3 Å². The lowest BCUT2D eigenvalue weighted by Gasteiger charge is -2.19. The van der Waals surface area contributed by atoms with Gasteiger partial charge < -0.3 is 8.94 Å². The van der Waals surface area contributed by atoms with Crippen LogP contribution in [0.2, 0.25) is 0 Å². The zero-order valence-electron chi connectivity index (χ0n) is 17.2. The summed E-state index contributed by atoms with van der Waals surface area (Å²) in [6.45, 7) is 0.546. The third-order valence-electron chi connectivity index (χ3n) is 5.04. The lowest BCUT2D eigenvalue weighted by Crippen LogP contribution is -2.33. The van der Waals surface area contributed by atoms with Gasteiger partial charge in [0.1, 0.15) is 0 Å². The molecular weight excluding hydrogens is 424 g/mol. The van der Waals surface area contributed by atoms with Gasteiger partial charge in [-0.05, 0) is 36.2 Å². The minimum atomic E-state index is -0.0299. The second-order valence-electron chi connectivity index (χ2n) is 7.23. The van der Waals surface area contributed by atoms with E-state index in [1.807, 2.05) is 42.5 Å². The molecule has 0 aliphatic carbocycles. The van der Waals surface area contributed by atoms with Crippen LogP contribution in [0.25, 0.3) is 21.8 Å². The summed E-state index contributed by atoms with van der Waals surface area (Å²) in [5.74, 6) is 1.28. The van der Waals surface area contributed by atoms with Gasteiger partial charge in [-0.2, -0.15) is 4.98 Å². The fourth-order valence-corrected chi connectivity index (χ4v) is 4.41. The lowest BCUT2D eigenvalue weighted by atomic mass is 10.1. The lowest BCUT2D eigenvalue weighted by molar-refractivity contribution is -0.118. The molecule has 3 aromatic heterocycles. The number of fused-ring (bicyclic) bond motifs is 1. The number of nitrogens with zero attached hydrogens (tertiary/aromatic N) is 4. The van der Waals surface area contributed by atoms with Crippen LogP contribution >= 0.6 is 11.3 Å². The topological polar surface area (TPSA) is 85.3 Å². The van der Waals surface area contributed by atoms with Crippen molar-refractivity contribution in [1.82, 2.24) is 15.1 Å². The normalized spacial score (nSPS) is 11.1. The highest BCUT2D eigenvalue weighted by atomic mass is 32.1. The van der Waals surface area contributed by atoms with Crippen molar-refractivity contribution >= 4 is 32.6 Å². The van der Waals surface area contributed by atoms with Crippen molar-refractivity contribution in [3.8, 4) is 11.6 Å². The van der Waals surface area contributed by atoms with E-state index in [4.69, 9.17) is 13.9 Å². The predicted octanol–water partition coefficient (Wildman–Crippen LogP) is 5.15. The molecule has 1 amide bonds. The highest BCUT2D eigenvalue weighted by Gasteiger charge is 2.21. The van der Waals surface area contributed by atoms with Crippen LogP contribution in [-0.2, 0) is 17.6 Å². The molecule has 3 heterocycles. The SMILES string of the molecule is O=C(CCc1nc(-c2ccco2)no1)N(CCc1ccccc1)c1nc2ccccc2s1. The van der Waals surface area contributed by atoms with Crippen LogP contribution in [0.5, 0.6) is 0 Å². The van der Waals surface area contributed by atoms with E-state index < -0.39 is 0 Å². The third-order valence-corrected chi connectivity index (χ3v) is 6.10. The second-order valence-corrected chi connectivity index (χ2v) is 8.24. The molecule has 0 saturated heterocycles. The van der Waals surface area contributed by atoms with Crippen LogP contribution in [0.3, 0.4) is 0 Å². The first-order chi connectivity index (χ1) is 15.8. The van der Waals surface area contributed by atoms with Crippen LogP contribution in [0.1, 0.15) is 17.9 Å². The first-order valence-corrected chi connectivity index (χ1v) is 11.1. The number of thiazole rings is 1. The number of rotatable bonds is 8. The van der Waals surface area contributed by atoms with Crippen LogP contribution < -0.4 is 4.90 Å². The van der Waals surface area contributed by atoms with E-state index in [-0.39, 0.29) is 12.3 Å². The first-order valence-electron chi connectivity index (χ1n) is 10.3. The Hall–Kier alpha value is -3.78. The Labute approximate surface area is 188 Å². The number of hydrogen-bond donors (Lipinski definition) is 0. The Morgan fingerprint density at radius 3 is 2.59 bits per heavy atom. The molecule has 0 unspecified atom stereocenters. The fourth-order valence-electron chi connectivity index (χ4n) is 3.40. The van der Waals surface area contributed by atoms with Gasteiger partial charge in [-0.3, -0.25) is 9.69 Å². The Kier molecular flexibility index (Phi) is 5.76. The summed E-state index contributed by atoms with van der Waals surface area (Å²) >= 11 is 1.52. The average molecular weight is 445 g/mol. The summed E-state index contributed by atoms with van der Waals surface area (Å²) < 4.78 is 11.6. The number of amides is 1. The number of para-hydroxylation sites is 1. The van der Waals surface area contributed by atoms with Crippen molar-refractivity contribution in [2.75, 3.05) is 11.4 Å². The summed E-state index contributed by atoms with van der Waals surface area (Å²) in [5, 5.41) is 4.63. The zero-order chi connectivity index (χ0) is 21.8. The first kappa shape index (κ1) is 20.1. The Morgan fingerprint density at radius 2 is 1.78 bits per heavy atom. The minimum Gasteiger partial charge on any atom is -0.461 e. The van der Waals surface area contributed by atoms with Crippen molar-refractivity contribution in [2.24, 2.45) is 0 Å². The Morgan fingerprint density at radius 1 is 0.938 bits per heavy atom. The molecule has 8 heteroatoms. The zero-order valence-corrected chi connectivity index (χ0v) is 18.0. The average Bonchev–Trinajstić information content (AvgIpc) is 3.59. The van der Waals surface area contributed by atoms with E-state index in [1.54, 1.807) is 23.3 Å². The van der Waals surface area contributed by atoms with E-state index in [9.17, 15) is 4.79 Å². The number of furan rings is 1. The maximum absolute atomic E-state index is 13.2. The summed E-state index contributed by atoms with van der Waals surface area (Å²) in [7, 11) is 0. The van der Waals surface area contributed by atoms with Gasteiger partial charge in [0, 0.05) is 19.4 Å². The van der Waals surface area contributed by atoms with E-state index in [2.05, 4.69) is 22.3 Å². The summed E-state index contributed by atoms with van der Waals surface area (Å²) in [5.41, 5.74) is 2.07. The van der Waals surface area contributed by atoms with Crippen molar-refractivity contribution in [3.05, 3.63) is 84.4 Å². The number of carbonyl (C=O) groups is 1. The van der Waals surface area contributed by atoms with E-state index in [1.165, 1.54) is 16.9 Å². The summed E-state index contributed by atoms with van der Waals surface area (Å²) in [6.07, 6.45) is 2.88. The quantitative estimate of drug-likeness (QED) is 0.329. The standard InChI is InChI=1S/C24H20N4O3S/c29-22(13-12-21-26-23(27-31-21)19-10-6-16-30-19)28(15-14-17-7-2-1-3-8-17)24-25-18-9-4-5-11-20(18)32-24/h1-11,16H,12-15H2. The molecule has 0 N–H and O–H groups in total. The molecule has 0 bridgehead atoms. The predicted molar refractivity (Wildman–Crippen MR) is 122 cm³/mol. The number of benzene rings is 2. The van der Waals surface area contributed by atoms with Crippen molar-refractivity contribution in [3.63, 3.8) is 0 Å². The smallest absolute Gasteiger partial charge is 0.238 e. The summed E-state index contributed by atoms with van der Waals surface area (Å²) in [6, 6.07) is 21.6. The summed E-state index contributed by atoms with van der Waals surface area (Å²) in [4.78, 5) is 24.0. The molecule has 0 atom stereocenters. The number of aromatic nitrogens is 3. The Bertz CT molecular complexity index is 1280. The van der Waals surface area contributed by atoms with Gasteiger partial charge in [-0.15, -0.1) is 0 Å². The molecule has 0 radical (unpaired) electrons. The molecule has 0 aliphatic rings. The molecule has 5 rings (SSSR count). The number of hydrogen-bond acceptors (Lipinski definition) is 7. The fraction of sp³-hybridized carbons (Fsp3) is 0.167. The van der Waals surface area contributed by atoms with E-state index in [0.717, 1.165) is 16.6 Å². The van der Waals surface area contributed by atoms with Gasteiger partial charge in [0.25, 0.3) is 0 Å². The third kappa shape index (κ3) is 4.45. The van der Waals surface area contributed by atoms with Crippen LogP contribution in [-0.4, -0.2) is 27.6 Å². The largest absolute Gasteiger partial charge is 0.461 e. The molecular formula is C24H20N4O3S. The van der Waals surface area contributed by atoms with Gasteiger partial charge in [0.05, 0.1) is 16.5 Å². The van der Waals surface area contributed by atoms with Gasteiger partial charge in [-0.1, -0.05) is 59.0 Å². The molecule has 0 spiro atoms. The second kappa shape index (κ2) is 9.15. The van der Waals surface area contributed by atoms with Crippen LogP contribution in [0.15, 0.2) is 81.9 Å². The number of aryl methyl sites for hydroxylation is 1. The maximum atomic E-state index is 13.2. The highest BCUT2D eigenvalue weighted by molar-refractivity contribution is 7.22. The van der Waals surface area contributed by atoms with Crippen LogP contribution in [0, 0.1) is 0 Å². The molecule has 0 aliphatic heterocycles.